The van der Waals surface area contributed by atoms with E-state index < -0.39 is 0 Å². The van der Waals surface area contributed by atoms with Gasteiger partial charge in [-0.05, 0) is 29.8 Å². The minimum absolute atomic E-state index is 0.256. The molecule has 0 unspecified atom stereocenters. The number of anilines is 2. The first-order chi connectivity index (χ1) is 8.97. The molecule has 2 N–H and O–H groups in total. The monoisotopic (exact) mass is 298 g/mol. The molecular formula is C14H13Cl2FN2. The van der Waals surface area contributed by atoms with E-state index in [2.05, 4.69) is 0 Å². The third-order valence-corrected chi connectivity index (χ3v) is 3.51. The SMILES string of the molecule is CN(Cc1cccc(F)c1)c1cc(Cl)c(Cl)cc1N. The van der Waals surface area contributed by atoms with Crippen molar-refractivity contribution in [3.63, 3.8) is 0 Å². The molecule has 5 heteroatoms. The molecule has 0 amide bonds. The van der Waals surface area contributed by atoms with E-state index in [0.29, 0.717) is 22.3 Å². The van der Waals surface area contributed by atoms with Crippen molar-refractivity contribution in [2.45, 2.75) is 6.54 Å². The lowest BCUT2D eigenvalue weighted by Crippen LogP contribution is -2.17. The van der Waals surface area contributed by atoms with Gasteiger partial charge in [0, 0.05) is 13.6 Å². The second kappa shape index (κ2) is 5.68. The van der Waals surface area contributed by atoms with Crippen molar-refractivity contribution >= 4 is 34.6 Å². The molecule has 0 aromatic heterocycles. The number of nitrogens with two attached hydrogens (primary N) is 1. The fourth-order valence-electron chi connectivity index (χ4n) is 1.88. The van der Waals surface area contributed by atoms with Crippen LogP contribution in [0.4, 0.5) is 15.8 Å². The molecule has 0 aliphatic rings. The Balaban J connectivity index is 2.25. The highest BCUT2D eigenvalue weighted by Crippen LogP contribution is 2.33. The van der Waals surface area contributed by atoms with E-state index in [0.717, 1.165) is 11.3 Å². The molecule has 0 radical (unpaired) electrons. The molecule has 2 aromatic rings. The molecule has 0 atom stereocenters. The van der Waals surface area contributed by atoms with E-state index in [1.54, 1.807) is 18.2 Å². The summed E-state index contributed by atoms with van der Waals surface area (Å²) in [7, 11) is 1.86. The van der Waals surface area contributed by atoms with Crippen molar-refractivity contribution in [2.24, 2.45) is 0 Å². The standard InChI is InChI=1S/C14H13Cl2FN2/c1-19(8-9-3-2-4-10(17)5-9)14-7-12(16)11(15)6-13(14)18/h2-7H,8,18H2,1H3. The molecule has 2 rings (SSSR count). The minimum Gasteiger partial charge on any atom is -0.397 e. The van der Waals surface area contributed by atoms with Gasteiger partial charge in [-0.25, -0.2) is 4.39 Å². The third kappa shape index (κ3) is 3.31. The molecule has 100 valence electrons. The van der Waals surface area contributed by atoms with Gasteiger partial charge in [0.05, 0.1) is 21.4 Å². The van der Waals surface area contributed by atoms with Crippen molar-refractivity contribution in [3.8, 4) is 0 Å². The van der Waals surface area contributed by atoms with Crippen molar-refractivity contribution in [3.05, 3.63) is 57.8 Å². The molecule has 2 aromatic carbocycles. The quantitative estimate of drug-likeness (QED) is 0.854. The Kier molecular flexibility index (Phi) is 4.17. The van der Waals surface area contributed by atoms with E-state index in [1.165, 1.54) is 12.1 Å². The van der Waals surface area contributed by atoms with Gasteiger partial charge < -0.3 is 10.6 Å². The first-order valence-electron chi connectivity index (χ1n) is 5.67. The Morgan fingerprint density at radius 2 is 1.84 bits per heavy atom. The summed E-state index contributed by atoms with van der Waals surface area (Å²) in [6, 6.07) is 9.76. The van der Waals surface area contributed by atoms with Gasteiger partial charge in [-0.1, -0.05) is 35.3 Å². The highest BCUT2D eigenvalue weighted by atomic mass is 35.5. The lowest BCUT2D eigenvalue weighted by atomic mass is 10.2. The Bertz CT molecular complexity index is 602. The van der Waals surface area contributed by atoms with E-state index >= 15 is 0 Å². The number of nitrogens with zero attached hydrogens (tertiary/aromatic N) is 1. The van der Waals surface area contributed by atoms with Gasteiger partial charge in [-0.15, -0.1) is 0 Å². The second-order valence-corrected chi connectivity index (χ2v) is 5.13. The van der Waals surface area contributed by atoms with Gasteiger partial charge in [0.2, 0.25) is 0 Å². The lowest BCUT2D eigenvalue weighted by Gasteiger charge is -2.22. The first-order valence-corrected chi connectivity index (χ1v) is 6.43. The molecule has 0 aliphatic heterocycles. The molecule has 0 spiro atoms. The molecule has 19 heavy (non-hydrogen) atoms. The maximum atomic E-state index is 13.1. The highest BCUT2D eigenvalue weighted by molar-refractivity contribution is 6.42. The number of hydrogen-bond donors (Lipinski definition) is 1. The largest absolute Gasteiger partial charge is 0.397 e. The van der Waals surface area contributed by atoms with Gasteiger partial charge in [0.1, 0.15) is 5.82 Å². The van der Waals surface area contributed by atoms with Gasteiger partial charge in [-0.3, -0.25) is 0 Å². The topological polar surface area (TPSA) is 29.3 Å². The van der Waals surface area contributed by atoms with Crippen LogP contribution < -0.4 is 10.6 Å². The minimum atomic E-state index is -0.256. The second-order valence-electron chi connectivity index (χ2n) is 4.31. The van der Waals surface area contributed by atoms with Crippen LogP contribution in [0.3, 0.4) is 0 Å². The number of nitrogen functional groups attached to an aromatic ring is 1. The van der Waals surface area contributed by atoms with E-state index in [4.69, 9.17) is 28.9 Å². The van der Waals surface area contributed by atoms with Crippen molar-refractivity contribution in [2.75, 3.05) is 17.7 Å². The summed E-state index contributed by atoms with van der Waals surface area (Å²) in [5, 5.41) is 0.860. The molecule has 0 saturated heterocycles. The molecule has 2 nitrogen and oxygen atoms in total. The van der Waals surface area contributed by atoms with Crippen LogP contribution >= 0.6 is 23.2 Å². The summed E-state index contributed by atoms with van der Waals surface area (Å²) in [6.45, 7) is 0.528. The van der Waals surface area contributed by atoms with Crippen molar-refractivity contribution < 1.29 is 4.39 Å². The first kappa shape index (κ1) is 14.0. The van der Waals surface area contributed by atoms with Crippen LogP contribution in [0.25, 0.3) is 0 Å². The predicted molar refractivity (Wildman–Crippen MR) is 79.4 cm³/mol. The van der Waals surface area contributed by atoms with Crippen molar-refractivity contribution in [1.29, 1.82) is 0 Å². The fraction of sp³-hybridized carbons (Fsp3) is 0.143. The van der Waals surface area contributed by atoms with Crippen LogP contribution in [0.1, 0.15) is 5.56 Å². The summed E-state index contributed by atoms with van der Waals surface area (Å²) in [6.07, 6.45) is 0. The smallest absolute Gasteiger partial charge is 0.123 e. The molecule has 0 bridgehead atoms. The van der Waals surface area contributed by atoms with E-state index in [1.807, 2.05) is 18.0 Å². The Morgan fingerprint density at radius 1 is 1.16 bits per heavy atom. The average molecular weight is 299 g/mol. The zero-order valence-electron chi connectivity index (χ0n) is 10.3. The number of benzene rings is 2. The zero-order chi connectivity index (χ0) is 14.0. The van der Waals surface area contributed by atoms with Crippen LogP contribution in [0, 0.1) is 5.82 Å². The average Bonchev–Trinajstić information content (AvgIpc) is 2.33. The van der Waals surface area contributed by atoms with Crippen LogP contribution in [-0.4, -0.2) is 7.05 Å². The molecule has 0 aliphatic carbocycles. The molecule has 0 heterocycles. The lowest BCUT2D eigenvalue weighted by molar-refractivity contribution is 0.625. The van der Waals surface area contributed by atoms with Crippen LogP contribution in [0.15, 0.2) is 36.4 Å². The summed E-state index contributed by atoms with van der Waals surface area (Å²) in [4.78, 5) is 1.90. The molecular weight excluding hydrogens is 286 g/mol. The summed E-state index contributed by atoms with van der Waals surface area (Å²) < 4.78 is 13.1. The molecule has 0 fully saturated rings. The van der Waals surface area contributed by atoms with Gasteiger partial charge in [-0.2, -0.15) is 0 Å². The molecule has 0 saturated carbocycles. The maximum absolute atomic E-state index is 13.1. The van der Waals surface area contributed by atoms with E-state index in [9.17, 15) is 4.39 Å². The summed E-state index contributed by atoms with van der Waals surface area (Å²) >= 11 is 11.9. The Morgan fingerprint density at radius 3 is 2.53 bits per heavy atom. The van der Waals surface area contributed by atoms with Crippen LogP contribution in [0.5, 0.6) is 0 Å². The van der Waals surface area contributed by atoms with Gasteiger partial charge in [0.15, 0.2) is 0 Å². The number of hydrogen-bond acceptors (Lipinski definition) is 2. The Hall–Kier alpha value is -1.45. The third-order valence-electron chi connectivity index (χ3n) is 2.79. The maximum Gasteiger partial charge on any atom is 0.123 e. The Labute approximate surface area is 121 Å². The van der Waals surface area contributed by atoms with Gasteiger partial charge in [0.25, 0.3) is 0 Å². The number of rotatable bonds is 3. The number of halogens is 3. The fourth-order valence-corrected chi connectivity index (χ4v) is 2.21. The van der Waals surface area contributed by atoms with Crippen molar-refractivity contribution in [1.82, 2.24) is 0 Å². The highest BCUT2D eigenvalue weighted by Gasteiger charge is 2.10. The van der Waals surface area contributed by atoms with Crippen LogP contribution in [0.2, 0.25) is 10.0 Å². The normalized spacial score (nSPS) is 10.5. The zero-order valence-corrected chi connectivity index (χ0v) is 11.8. The van der Waals surface area contributed by atoms with Gasteiger partial charge >= 0.3 is 0 Å². The van der Waals surface area contributed by atoms with E-state index in [-0.39, 0.29) is 5.82 Å². The summed E-state index contributed by atoms with van der Waals surface area (Å²) in [5.41, 5.74) is 8.07. The van der Waals surface area contributed by atoms with Crippen LogP contribution in [-0.2, 0) is 6.54 Å². The summed E-state index contributed by atoms with van der Waals surface area (Å²) in [5.74, 6) is -0.256. The predicted octanol–water partition coefficient (Wildman–Crippen LogP) is 4.35.